The van der Waals surface area contributed by atoms with Crippen molar-refractivity contribution in [3.63, 3.8) is 0 Å². The molecule has 1 unspecified atom stereocenters. The Labute approximate surface area is 66.1 Å². The highest BCUT2D eigenvalue weighted by Gasteiger charge is 1.98. The van der Waals surface area contributed by atoms with Crippen molar-refractivity contribution in [1.29, 1.82) is 5.26 Å². The van der Waals surface area contributed by atoms with E-state index in [0.717, 1.165) is 0 Å². The summed E-state index contributed by atoms with van der Waals surface area (Å²) in [6.45, 7) is 2.03. The minimum absolute atomic E-state index is 0.327. The Morgan fingerprint density at radius 3 is 3.09 bits per heavy atom. The monoisotopic (exact) mass is 147 g/mol. The molecule has 0 saturated heterocycles. The third-order valence-electron chi connectivity index (χ3n) is 1.38. The number of rotatable bonds is 1. The summed E-state index contributed by atoms with van der Waals surface area (Å²) < 4.78 is 4.67. The number of hydrogen-bond donors (Lipinski definition) is 0. The van der Waals surface area contributed by atoms with Crippen molar-refractivity contribution in [1.82, 2.24) is 0 Å². The van der Waals surface area contributed by atoms with E-state index in [9.17, 15) is 0 Å². The highest BCUT2D eigenvalue weighted by atomic mass is 16.5. The molecule has 0 aromatic rings. The summed E-state index contributed by atoms with van der Waals surface area (Å²) in [7, 11) is 0. The molecule has 0 aromatic heterocycles. The molecular weight excluding hydrogens is 138 g/mol. The third kappa shape index (κ3) is 2.30. The summed E-state index contributed by atoms with van der Waals surface area (Å²) in [5, 5.41) is 8.23. The van der Waals surface area contributed by atoms with E-state index in [1.807, 2.05) is 31.2 Å². The lowest BCUT2D eigenvalue weighted by Crippen LogP contribution is -1.86. The van der Waals surface area contributed by atoms with E-state index >= 15 is 0 Å². The molecule has 2 heteroatoms. The Balaban J connectivity index is 2.73. The largest absolute Gasteiger partial charge is 0.388 e. The molecule has 0 aromatic carbocycles. The Bertz CT molecular complexity index is 255. The standard InChI is InChI=1S/C9H9NO/c1-8-4-2-3-5-9(6-8)11-7-10/h2-6,8H,1H3. The normalized spacial score (nSPS) is 21.8. The van der Waals surface area contributed by atoms with Gasteiger partial charge in [0.2, 0.25) is 0 Å². The highest BCUT2D eigenvalue weighted by molar-refractivity contribution is 5.24. The molecule has 2 nitrogen and oxygen atoms in total. The van der Waals surface area contributed by atoms with Crippen molar-refractivity contribution >= 4 is 0 Å². The van der Waals surface area contributed by atoms with Gasteiger partial charge in [0.05, 0.1) is 0 Å². The van der Waals surface area contributed by atoms with Crippen molar-refractivity contribution in [3.8, 4) is 6.26 Å². The summed E-state index contributed by atoms with van der Waals surface area (Å²) >= 11 is 0. The van der Waals surface area contributed by atoms with Gasteiger partial charge in [0.1, 0.15) is 5.76 Å². The van der Waals surface area contributed by atoms with E-state index in [-0.39, 0.29) is 0 Å². The van der Waals surface area contributed by atoms with Gasteiger partial charge in [-0.15, -0.1) is 5.26 Å². The van der Waals surface area contributed by atoms with E-state index in [0.29, 0.717) is 11.7 Å². The summed E-state index contributed by atoms with van der Waals surface area (Å²) in [6, 6.07) is 0. The van der Waals surface area contributed by atoms with Crippen LogP contribution in [0.4, 0.5) is 0 Å². The van der Waals surface area contributed by atoms with Crippen LogP contribution >= 0.6 is 0 Å². The first-order valence-electron chi connectivity index (χ1n) is 3.45. The Hall–Kier alpha value is -1.49. The maximum atomic E-state index is 8.23. The average molecular weight is 147 g/mol. The number of nitrogens with zero attached hydrogens (tertiary/aromatic N) is 1. The summed E-state index contributed by atoms with van der Waals surface area (Å²) in [4.78, 5) is 0. The minimum Gasteiger partial charge on any atom is -0.388 e. The SMILES string of the molecule is CC1C=CC=CC(OC#N)=C1. The van der Waals surface area contributed by atoms with Crippen LogP contribution in [-0.2, 0) is 4.74 Å². The first-order chi connectivity index (χ1) is 5.33. The molecule has 0 spiro atoms. The van der Waals surface area contributed by atoms with Crippen LogP contribution in [0.15, 0.2) is 36.1 Å². The van der Waals surface area contributed by atoms with Crippen LogP contribution in [0.5, 0.6) is 0 Å². The van der Waals surface area contributed by atoms with Crippen LogP contribution in [0.3, 0.4) is 0 Å². The Morgan fingerprint density at radius 2 is 2.36 bits per heavy atom. The van der Waals surface area contributed by atoms with Gasteiger partial charge < -0.3 is 4.74 Å². The number of nitriles is 1. The third-order valence-corrected chi connectivity index (χ3v) is 1.38. The lowest BCUT2D eigenvalue weighted by atomic mass is 10.1. The maximum absolute atomic E-state index is 8.23. The van der Waals surface area contributed by atoms with Crippen LogP contribution in [0, 0.1) is 17.4 Å². The van der Waals surface area contributed by atoms with E-state index < -0.39 is 0 Å². The van der Waals surface area contributed by atoms with Gasteiger partial charge in [-0.25, -0.2) is 0 Å². The quantitative estimate of drug-likeness (QED) is 0.532. The first kappa shape index (κ1) is 7.62. The predicted molar refractivity (Wildman–Crippen MR) is 42.2 cm³/mol. The zero-order valence-electron chi connectivity index (χ0n) is 6.32. The molecule has 0 saturated carbocycles. The topological polar surface area (TPSA) is 33.0 Å². The van der Waals surface area contributed by atoms with Gasteiger partial charge in [-0.05, 0) is 18.1 Å². The molecule has 0 N–H and O–H groups in total. The lowest BCUT2D eigenvalue weighted by molar-refractivity contribution is 0.389. The van der Waals surface area contributed by atoms with Crippen molar-refractivity contribution in [2.75, 3.05) is 0 Å². The molecule has 1 aliphatic rings. The van der Waals surface area contributed by atoms with Gasteiger partial charge in [0.25, 0.3) is 6.26 Å². The number of allylic oxidation sites excluding steroid dienone is 5. The second kappa shape index (κ2) is 3.62. The van der Waals surface area contributed by atoms with Gasteiger partial charge in [-0.2, -0.15) is 0 Å². The molecule has 0 bridgehead atoms. The van der Waals surface area contributed by atoms with Crippen LogP contribution < -0.4 is 0 Å². The Kier molecular flexibility index (Phi) is 2.51. The lowest BCUT2D eigenvalue weighted by Gasteiger charge is -1.97. The molecule has 1 atom stereocenters. The highest BCUT2D eigenvalue weighted by Crippen LogP contribution is 2.10. The molecular formula is C9H9NO. The fourth-order valence-corrected chi connectivity index (χ4v) is 0.881. The summed E-state index contributed by atoms with van der Waals surface area (Å²) in [6.07, 6.45) is 11.1. The fourth-order valence-electron chi connectivity index (χ4n) is 0.881. The second-order valence-electron chi connectivity index (χ2n) is 2.37. The zero-order chi connectivity index (χ0) is 8.10. The number of ether oxygens (including phenoxy) is 1. The molecule has 0 radical (unpaired) electrons. The fraction of sp³-hybridized carbons (Fsp3) is 0.222. The van der Waals surface area contributed by atoms with E-state index in [2.05, 4.69) is 4.74 Å². The van der Waals surface area contributed by atoms with Crippen molar-refractivity contribution in [2.45, 2.75) is 6.92 Å². The number of hydrogen-bond acceptors (Lipinski definition) is 2. The van der Waals surface area contributed by atoms with Gasteiger partial charge in [0, 0.05) is 0 Å². The zero-order valence-corrected chi connectivity index (χ0v) is 6.32. The van der Waals surface area contributed by atoms with Crippen LogP contribution in [0.2, 0.25) is 0 Å². The molecule has 0 heterocycles. The summed E-state index contributed by atoms with van der Waals surface area (Å²) in [5.41, 5.74) is 0. The van der Waals surface area contributed by atoms with Gasteiger partial charge in [-0.1, -0.05) is 25.2 Å². The van der Waals surface area contributed by atoms with E-state index in [4.69, 9.17) is 5.26 Å². The second-order valence-corrected chi connectivity index (χ2v) is 2.37. The molecule has 0 amide bonds. The maximum Gasteiger partial charge on any atom is 0.292 e. The molecule has 56 valence electrons. The van der Waals surface area contributed by atoms with Gasteiger partial charge >= 0.3 is 0 Å². The van der Waals surface area contributed by atoms with E-state index in [1.54, 1.807) is 12.3 Å². The smallest absolute Gasteiger partial charge is 0.292 e. The first-order valence-corrected chi connectivity index (χ1v) is 3.45. The molecule has 11 heavy (non-hydrogen) atoms. The molecule has 1 aliphatic carbocycles. The molecule has 0 fully saturated rings. The predicted octanol–water partition coefficient (Wildman–Crippen LogP) is 2.13. The van der Waals surface area contributed by atoms with Crippen LogP contribution in [-0.4, -0.2) is 0 Å². The summed E-state index contributed by atoms with van der Waals surface area (Å²) in [5.74, 6) is 0.943. The average Bonchev–Trinajstić information content (AvgIpc) is 2.15. The van der Waals surface area contributed by atoms with E-state index in [1.165, 1.54) is 0 Å². The van der Waals surface area contributed by atoms with Gasteiger partial charge in [-0.3, -0.25) is 0 Å². The minimum atomic E-state index is 0.327. The van der Waals surface area contributed by atoms with Crippen molar-refractivity contribution < 1.29 is 4.74 Å². The van der Waals surface area contributed by atoms with Crippen LogP contribution in [0.25, 0.3) is 0 Å². The Morgan fingerprint density at radius 1 is 1.55 bits per heavy atom. The van der Waals surface area contributed by atoms with Gasteiger partial charge in [0.15, 0.2) is 0 Å². The van der Waals surface area contributed by atoms with Crippen molar-refractivity contribution in [2.24, 2.45) is 5.92 Å². The van der Waals surface area contributed by atoms with Crippen molar-refractivity contribution in [3.05, 3.63) is 36.1 Å². The van der Waals surface area contributed by atoms with Crippen LogP contribution in [0.1, 0.15) is 6.92 Å². The molecule has 1 rings (SSSR count). The molecule has 0 aliphatic heterocycles.